The van der Waals surface area contributed by atoms with Crippen molar-refractivity contribution in [1.29, 1.82) is 0 Å². The quantitative estimate of drug-likeness (QED) is 0.116. The molecule has 0 amide bonds. The molecule has 266 valence electrons. The van der Waals surface area contributed by atoms with Crippen molar-refractivity contribution in [2.75, 3.05) is 19.0 Å². The number of hydrogen-bond donors (Lipinski definition) is 0. The van der Waals surface area contributed by atoms with Gasteiger partial charge < -0.3 is 9.47 Å². The third kappa shape index (κ3) is 10.1. The maximum absolute atomic E-state index is 14.2. The fourth-order valence-electron chi connectivity index (χ4n) is 7.05. The Morgan fingerprint density at radius 3 is 2.04 bits per heavy atom. The van der Waals surface area contributed by atoms with Gasteiger partial charge in [0.15, 0.2) is 15.7 Å². The average Bonchev–Trinajstić information content (AvgIpc) is 3.50. The first-order valence-electron chi connectivity index (χ1n) is 18.6. The lowest BCUT2D eigenvalue weighted by molar-refractivity contribution is 0.302. The monoisotopic (exact) mass is 689 g/mol. The average molecular weight is 690 g/mol. The topological polar surface area (TPSA) is 100 Å². The van der Waals surface area contributed by atoms with E-state index in [1.165, 1.54) is 62.4 Å². The molecule has 1 aliphatic carbocycles. The molecular weight excluding hydrogens is 635 g/mol. The summed E-state index contributed by atoms with van der Waals surface area (Å²) in [7, 11) is -3.89. The number of hydrogen-bond acceptors (Lipinski definition) is 7. The van der Waals surface area contributed by atoms with Gasteiger partial charge in [-0.25, -0.2) is 18.2 Å². The van der Waals surface area contributed by atoms with Crippen molar-refractivity contribution in [2.45, 2.75) is 130 Å². The molecule has 5 rings (SSSR count). The summed E-state index contributed by atoms with van der Waals surface area (Å²) in [6.45, 7) is 6.98. The highest BCUT2D eigenvalue weighted by molar-refractivity contribution is 8.00. The molecule has 9 heteroatoms. The summed E-state index contributed by atoms with van der Waals surface area (Å²) >= 11 is 0. The highest BCUT2D eigenvalue weighted by atomic mass is 32.2. The van der Waals surface area contributed by atoms with Crippen LogP contribution in [-0.2, 0) is 16.4 Å². The molecular formula is C40H55N3O5S. The van der Waals surface area contributed by atoms with Crippen molar-refractivity contribution < 1.29 is 17.9 Å². The molecule has 1 aromatic heterocycles. The third-order valence-electron chi connectivity index (χ3n) is 9.92. The van der Waals surface area contributed by atoms with E-state index in [2.05, 4.69) is 11.9 Å². The highest BCUT2D eigenvalue weighted by Crippen LogP contribution is 2.39. The number of aromatic nitrogens is 3. The minimum absolute atomic E-state index is 0.0322. The van der Waals surface area contributed by atoms with Gasteiger partial charge >= 0.3 is 5.69 Å². The standard InChI is InChI=1S/C40H55N3O5S/c1-4-5-6-7-8-9-10-11-12-16-25-47-33-21-23-34(24-22-33)48-26-27-49(45,46)37-36(35-28-30(2)19-20-31(35)3)29-43-39(37)41-38(42-40(43)44)32-17-14-13-15-18-32/h19-24,28,32H,4-18,25-27,29H2,1-3H3. The van der Waals surface area contributed by atoms with E-state index < -0.39 is 15.5 Å². The van der Waals surface area contributed by atoms with Crippen molar-refractivity contribution in [2.24, 2.45) is 0 Å². The van der Waals surface area contributed by atoms with Crippen LogP contribution in [0.25, 0.3) is 10.5 Å². The number of sulfone groups is 1. The second-order valence-electron chi connectivity index (χ2n) is 13.9. The van der Waals surface area contributed by atoms with Crippen LogP contribution in [0.1, 0.15) is 137 Å². The van der Waals surface area contributed by atoms with E-state index >= 15 is 0 Å². The second kappa shape index (κ2) is 18.0. The van der Waals surface area contributed by atoms with E-state index in [4.69, 9.17) is 14.5 Å². The molecule has 0 unspecified atom stereocenters. The Balaban J connectivity index is 1.20. The zero-order valence-electron chi connectivity index (χ0n) is 29.8. The van der Waals surface area contributed by atoms with Crippen LogP contribution in [0.4, 0.5) is 0 Å². The molecule has 0 spiro atoms. The zero-order valence-corrected chi connectivity index (χ0v) is 30.7. The molecule has 1 aliphatic heterocycles. The first-order chi connectivity index (χ1) is 23.8. The minimum atomic E-state index is -3.89. The Hall–Kier alpha value is -3.46. The van der Waals surface area contributed by atoms with Crippen LogP contribution in [0.15, 0.2) is 47.3 Å². The Labute approximate surface area is 293 Å². The molecule has 2 aromatic carbocycles. The SMILES string of the molecule is CCCCCCCCCCCCOc1ccc(OCCS(=O)(=O)C2=C(c3cc(C)ccc3C)Cn3c2nc(C2CCCCC2)nc3=O)cc1. The van der Waals surface area contributed by atoms with Gasteiger partial charge in [-0.3, -0.25) is 4.57 Å². The lowest BCUT2D eigenvalue weighted by atomic mass is 9.89. The molecule has 0 radical (unpaired) electrons. The van der Waals surface area contributed by atoms with Crippen molar-refractivity contribution >= 4 is 20.3 Å². The summed E-state index contributed by atoms with van der Waals surface area (Å²) in [4.78, 5) is 22.6. The molecule has 1 saturated carbocycles. The molecule has 3 aromatic rings. The minimum Gasteiger partial charge on any atom is -0.494 e. The summed E-state index contributed by atoms with van der Waals surface area (Å²) in [6.07, 6.45) is 18.0. The van der Waals surface area contributed by atoms with Crippen molar-refractivity contribution in [3.63, 3.8) is 0 Å². The van der Waals surface area contributed by atoms with Gasteiger partial charge in [-0.2, -0.15) is 4.98 Å². The fraction of sp³-hybridized carbons (Fsp3) is 0.575. The van der Waals surface area contributed by atoms with Crippen LogP contribution >= 0.6 is 0 Å². The van der Waals surface area contributed by atoms with Gasteiger partial charge in [0.2, 0.25) is 0 Å². The number of unbranched alkanes of at least 4 members (excludes halogenated alkanes) is 9. The third-order valence-corrected chi connectivity index (χ3v) is 11.7. The van der Waals surface area contributed by atoms with Gasteiger partial charge in [0, 0.05) is 11.5 Å². The molecule has 0 N–H and O–H groups in total. The van der Waals surface area contributed by atoms with E-state index in [1.54, 1.807) is 0 Å². The summed E-state index contributed by atoms with van der Waals surface area (Å²) < 4.78 is 41.6. The van der Waals surface area contributed by atoms with Crippen molar-refractivity contribution in [3.8, 4) is 11.5 Å². The summed E-state index contributed by atoms with van der Waals surface area (Å²) in [5.41, 5.74) is 2.93. The molecule has 0 saturated heterocycles. The number of fused-ring (bicyclic) bond motifs is 1. The van der Waals surface area contributed by atoms with Gasteiger partial charge in [0.25, 0.3) is 0 Å². The van der Waals surface area contributed by atoms with E-state index in [-0.39, 0.29) is 35.6 Å². The van der Waals surface area contributed by atoms with E-state index in [0.29, 0.717) is 23.8 Å². The van der Waals surface area contributed by atoms with Crippen LogP contribution in [0, 0.1) is 13.8 Å². The van der Waals surface area contributed by atoms with Crippen LogP contribution < -0.4 is 15.2 Å². The van der Waals surface area contributed by atoms with Crippen LogP contribution in [-0.4, -0.2) is 41.9 Å². The van der Waals surface area contributed by atoms with Gasteiger partial charge in [0.05, 0.1) is 18.9 Å². The molecule has 1 fully saturated rings. The Bertz CT molecular complexity index is 1720. The zero-order chi connectivity index (χ0) is 34.6. The maximum atomic E-state index is 14.2. The van der Waals surface area contributed by atoms with E-state index in [0.717, 1.165) is 61.0 Å². The van der Waals surface area contributed by atoms with E-state index in [9.17, 15) is 13.2 Å². The Morgan fingerprint density at radius 2 is 1.39 bits per heavy atom. The van der Waals surface area contributed by atoms with Gasteiger partial charge in [0.1, 0.15) is 28.8 Å². The predicted molar refractivity (Wildman–Crippen MR) is 198 cm³/mol. The molecule has 2 heterocycles. The summed E-state index contributed by atoms with van der Waals surface area (Å²) in [5.74, 6) is 1.87. The van der Waals surface area contributed by atoms with Gasteiger partial charge in [-0.15, -0.1) is 0 Å². The smallest absolute Gasteiger partial charge is 0.351 e. The number of allylic oxidation sites excluding steroid dienone is 1. The summed E-state index contributed by atoms with van der Waals surface area (Å²) in [6, 6.07) is 13.3. The first kappa shape index (κ1) is 36.8. The second-order valence-corrected chi connectivity index (χ2v) is 16.0. The lowest BCUT2D eigenvalue weighted by Crippen LogP contribution is -2.28. The largest absolute Gasteiger partial charge is 0.494 e. The number of ether oxygens (including phenoxy) is 2. The Kier molecular flexibility index (Phi) is 13.5. The molecule has 2 aliphatic rings. The van der Waals surface area contributed by atoms with Crippen molar-refractivity contribution in [3.05, 3.63) is 81.3 Å². The molecule has 0 atom stereocenters. The normalized spacial score (nSPS) is 15.1. The summed E-state index contributed by atoms with van der Waals surface area (Å²) in [5, 5.41) is 0. The number of benzene rings is 2. The van der Waals surface area contributed by atoms with Crippen LogP contribution in [0.3, 0.4) is 0 Å². The van der Waals surface area contributed by atoms with Crippen molar-refractivity contribution in [1.82, 2.24) is 14.5 Å². The van der Waals surface area contributed by atoms with Gasteiger partial charge in [-0.1, -0.05) is 108 Å². The van der Waals surface area contributed by atoms with Gasteiger partial charge in [-0.05, 0) is 68.5 Å². The Morgan fingerprint density at radius 1 is 0.776 bits per heavy atom. The van der Waals surface area contributed by atoms with E-state index in [1.807, 2.05) is 56.3 Å². The number of rotatable bonds is 19. The predicted octanol–water partition coefficient (Wildman–Crippen LogP) is 8.98. The first-order valence-corrected chi connectivity index (χ1v) is 20.3. The lowest BCUT2D eigenvalue weighted by Gasteiger charge is -2.20. The molecule has 0 bridgehead atoms. The van der Waals surface area contributed by atoms with Crippen LogP contribution in [0.2, 0.25) is 0 Å². The highest BCUT2D eigenvalue weighted by Gasteiger charge is 2.36. The molecule has 49 heavy (non-hydrogen) atoms. The number of aryl methyl sites for hydroxylation is 2. The van der Waals surface area contributed by atoms with Crippen LogP contribution in [0.5, 0.6) is 11.5 Å². The fourth-order valence-corrected chi connectivity index (χ4v) is 8.54. The maximum Gasteiger partial charge on any atom is 0.351 e. The number of nitrogens with zero attached hydrogens (tertiary/aromatic N) is 3. The molecule has 8 nitrogen and oxygen atoms in total.